The Morgan fingerprint density at radius 2 is 1.80 bits per heavy atom. The standard InChI is InChI=1S/C30H26F3N3O3S/c1-18(2)20-11-13-22(14-12-20)36-28(38)26(16-19-7-6-8-21(15-19)30(31,32)33)40-29(36)23(17-34)27(37)35-24-9-4-5-10-25(24)39-3/h4-15,18,26H,16H2,1-3H3,(H,35,37)/b29-23-. The summed E-state index contributed by atoms with van der Waals surface area (Å²) in [7, 11) is 1.45. The highest BCUT2D eigenvalue weighted by Crippen LogP contribution is 2.43. The number of rotatable bonds is 7. The van der Waals surface area contributed by atoms with Crippen LogP contribution in [0.5, 0.6) is 5.75 Å². The first kappa shape index (κ1) is 28.8. The zero-order valence-corrected chi connectivity index (χ0v) is 22.8. The molecule has 0 spiro atoms. The molecule has 206 valence electrons. The van der Waals surface area contributed by atoms with Crippen LogP contribution in [-0.2, 0) is 22.2 Å². The Bertz CT molecular complexity index is 1490. The van der Waals surface area contributed by atoms with Crippen molar-refractivity contribution in [3.8, 4) is 11.8 Å². The zero-order chi connectivity index (χ0) is 29.0. The van der Waals surface area contributed by atoms with Gasteiger partial charge in [-0.2, -0.15) is 18.4 Å². The van der Waals surface area contributed by atoms with E-state index in [2.05, 4.69) is 5.32 Å². The third kappa shape index (κ3) is 6.15. The molecule has 1 atom stereocenters. The number of thioether (sulfide) groups is 1. The van der Waals surface area contributed by atoms with Gasteiger partial charge in [-0.3, -0.25) is 14.5 Å². The van der Waals surface area contributed by atoms with E-state index in [4.69, 9.17) is 4.74 Å². The van der Waals surface area contributed by atoms with E-state index in [0.717, 1.165) is 29.5 Å². The van der Waals surface area contributed by atoms with Crippen molar-refractivity contribution in [3.63, 3.8) is 0 Å². The molecule has 0 aromatic heterocycles. The summed E-state index contributed by atoms with van der Waals surface area (Å²) in [4.78, 5) is 28.3. The molecule has 3 aromatic rings. The first-order valence-corrected chi connectivity index (χ1v) is 13.3. The van der Waals surface area contributed by atoms with Crippen molar-refractivity contribution in [1.29, 1.82) is 5.26 Å². The maximum absolute atomic E-state index is 13.7. The topological polar surface area (TPSA) is 82.4 Å². The van der Waals surface area contributed by atoms with E-state index in [9.17, 15) is 28.0 Å². The number of carbonyl (C=O) groups is 2. The first-order chi connectivity index (χ1) is 19.0. The van der Waals surface area contributed by atoms with Crippen LogP contribution in [0.4, 0.5) is 24.5 Å². The first-order valence-electron chi connectivity index (χ1n) is 12.4. The Kier molecular flexibility index (Phi) is 8.55. The molecular formula is C30H26F3N3O3S. The minimum atomic E-state index is -4.53. The summed E-state index contributed by atoms with van der Waals surface area (Å²) in [5.41, 5.74) is 1.01. The number of ether oxygens (including phenoxy) is 1. The smallest absolute Gasteiger partial charge is 0.416 e. The second-order valence-electron chi connectivity index (χ2n) is 9.37. The number of benzene rings is 3. The van der Waals surface area contributed by atoms with Gasteiger partial charge in [0.2, 0.25) is 5.91 Å². The Hall–Kier alpha value is -4.23. The Morgan fingerprint density at radius 3 is 2.42 bits per heavy atom. The molecular weight excluding hydrogens is 539 g/mol. The lowest BCUT2D eigenvalue weighted by atomic mass is 10.0. The number of para-hydroxylation sites is 2. The number of hydrogen-bond donors (Lipinski definition) is 1. The number of nitrogens with zero attached hydrogens (tertiary/aromatic N) is 2. The molecule has 0 aliphatic carbocycles. The average Bonchev–Trinajstić information content (AvgIpc) is 3.24. The zero-order valence-electron chi connectivity index (χ0n) is 22.0. The van der Waals surface area contributed by atoms with E-state index < -0.39 is 28.8 Å². The third-order valence-corrected chi connectivity index (χ3v) is 7.62. The summed E-state index contributed by atoms with van der Waals surface area (Å²) in [6, 6.07) is 20.6. The van der Waals surface area contributed by atoms with E-state index in [1.54, 1.807) is 36.4 Å². The lowest BCUT2D eigenvalue weighted by Gasteiger charge is -2.20. The van der Waals surface area contributed by atoms with Crippen molar-refractivity contribution >= 4 is 35.0 Å². The van der Waals surface area contributed by atoms with E-state index >= 15 is 0 Å². The highest BCUT2D eigenvalue weighted by Gasteiger charge is 2.41. The summed E-state index contributed by atoms with van der Waals surface area (Å²) in [6.45, 7) is 4.05. The molecule has 10 heteroatoms. The molecule has 4 rings (SSSR count). The van der Waals surface area contributed by atoms with Gasteiger partial charge in [0.1, 0.15) is 22.4 Å². The van der Waals surface area contributed by atoms with Crippen LogP contribution in [0.3, 0.4) is 0 Å². The normalized spacial score (nSPS) is 16.6. The SMILES string of the molecule is COc1ccccc1NC(=O)/C(C#N)=C1\SC(Cc2cccc(C(F)(F)F)c2)C(=O)N1c1ccc(C(C)C)cc1. The van der Waals surface area contributed by atoms with Crippen LogP contribution >= 0.6 is 11.8 Å². The van der Waals surface area contributed by atoms with Crippen molar-refractivity contribution in [3.05, 3.63) is 100 Å². The molecule has 40 heavy (non-hydrogen) atoms. The number of hydrogen-bond acceptors (Lipinski definition) is 5. The van der Waals surface area contributed by atoms with Gasteiger partial charge in [0.25, 0.3) is 5.91 Å². The van der Waals surface area contributed by atoms with Crippen molar-refractivity contribution in [2.24, 2.45) is 0 Å². The summed E-state index contributed by atoms with van der Waals surface area (Å²) in [6.07, 6.45) is -4.55. The van der Waals surface area contributed by atoms with E-state index in [0.29, 0.717) is 22.7 Å². The highest BCUT2D eigenvalue weighted by atomic mass is 32.2. The van der Waals surface area contributed by atoms with Gasteiger partial charge in [-0.05, 0) is 53.8 Å². The maximum Gasteiger partial charge on any atom is 0.416 e. The van der Waals surface area contributed by atoms with Crippen molar-refractivity contribution in [1.82, 2.24) is 0 Å². The molecule has 0 saturated carbocycles. The molecule has 1 fully saturated rings. The van der Waals surface area contributed by atoms with Crippen molar-refractivity contribution < 1.29 is 27.5 Å². The van der Waals surface area contributed by atoms with Crippen LogP contribution in [0.1, 0.15) is 36.5 Å². The number of carbonyl (C=O) groups excluding carboxylic acids is 2. The van der Waals surface area contributed by atoms with Gasteiger partial charge in [-0.15, -0.1) is 0 Å². The van der Waals surface area contributed by atoms with E-state index in [-0.39, 0.29) is 22.9 Å². The van der Waals surface area contributed by atoms with Crippen LogP contribution < -0.4 is 15.0 Å². The lowest BCUT2D eigenvalue weighted by molar-refractivity contribution is -0.137. The molecule has 1 heterocycles. The predicted octanol–water partition coefficient (Wildman–Crippen LogP) is 6.90. The van der Waals surface area contributed by atoms with Crippen LogP contribution in [0.2, 0.25) is 0 Å². The Morgan fingerprint density at radius 1 is 1.10 bits per heavy atom. The van der Waals surface area contributed by atoms with Gasteiger partial charge in [0.05, 0.1) is 23.6 Å². The molecule has 1 aliphatic rings. The summed E-state index contributed by atoms with van der Waals surface area (Å²) >= 11 is 0.982. The molecule has 2 amide bonds. The van der Waals surface area contributed by atoms with Crippen LogP contribution in [0, 0.1) is 11.3 Å². The van der Waals surface area contributed by atoms with E-state index in [1.807, 2.05) is 32.0 Å². The van der Waals surface area contributed by atoms with Gasteiger partial charge in [-0.25, -0.2) is 0 Å². The Balaban J connectivity index is 1.74. The number of nitrogens with one attached hydrogen (secondary N) is 1. The number of amides is 2. The number of anilines is 2. The second-order valence-corrected chi connectivity index (χ2v) is 10.6. The molecule has 6 nitrogen and oxygen atoms in total. The quantitative estimate of drug-likeness (QED) is 0.249. The summed E-state index contributed by atoms with van der Waals surface area (Å²) in [5, 5.41) is 12.0. The number of halogens is 3. The monoisotopic (exact) mass is 565 g/mol. The molecule has 1 unspecified atom stereocenters. The van der Waals surface area contributed by atoms with Gasteiger partial charge in [0.15, 0.2) is 0 Å². The summed E-state index contributed by atoms with van der Waals surface area (Å²) < 4.78 is 45.1. The number of methoxy groups -OCH3 is 1. The molecule has 0 radical (unpaired) electrons. The van der Waals surface area contributed by atoms with Gasteiger partial charge >= 0.3 is 6.18 Å². The number of nitriles is 1. The van der Waals surface area contributed by atoms with Crippen molar-refractivity contribution in [2.75, 3.05) is 17.3 Å². The van der Waals surface area contributed by atoms with Gasteiger partial charge in [0, 0.05) is 5.69 Å². The molecule has 3 aromatic carbocycles. The highest BCUT2D eigenvalue weighted by molar-refractivity contribution is 8.05. The van der Waals surface area contributed by atoms with Crippen LogP contribution in [0.25, 0.3) is 0 Å². The fraction of sp³-hybridized carbons (Fsp3) is 0.233. The van der Waals surface area contributed by atoms with Crippen LogP contribution in [-0.4, -0.2) is 24.2 Å². The lowest BCUT2D eigenvalue weighted by Crippen LogP contribution is -2.31. The molecule has 1 saturated heterocycles. The molecule has 0 bridgehead atoms. The minimum absolute atomic E-state index is 0.0235. The third-order valence-electron chi connectivity index (χ3n) is 6.35. The molecule has 1 N–H and O–H groups in total. The number of alkyl halides is 3. The summed E-state index contributed by atoms with van der Waals surface area (Å²) in [5.74, 6) is -0.558. The van der Waals surface area contributed by atoms with Gasteiger partial charge in [-0.1, -0.05) is 68.1 Å². The maximum atomic E-state index is 13.7. The second kappa shape index (κ2) is 11.9. The molecule has 1 aliphatic heterocycles. The fourth-order valence-electron chi connectivity index (χ4n) is 4.25. The van der Waals surface area contributed by atoms with Gasteiger partial charge < -0.3 is 10.1 Å². The van der Waals surface area contributed by atoms with Crippen molar-refractivity contribution in [2.45, 2.75) is 37.6 Å². The largest absolute Gasteiger partial charge is 0.495 e. The predicted molar refractivity (Wildman–Crippen MR) is 149 cm³/mol. The Labute approximate surface area is 234 Å². The van der Waals surface area contributed by atoms with E-state index in [1.165, 1.54) is 24.1 Å². The fourth-order valence-corrected chi connectivity index (χ4v) is 5.56. The van der Waals surface area contributed by atoms with Crippen LogP contribution in [0.15, 0.2) is 83.4 Å². The minimum Gasteiger partial charge on any atom is -0.495 e. The average molecular weight is 566 g/mol.